The molecule has 2 unspecified atom stereocenters. The van der Waals surface area contributed by atoms with E-state index in [-0.39, 0.29) is 6.10 Å². The lowest BCUT2D eigenvalue weighted by atomic mass is 10.1. The van der Waals surface area contributed by atoms with E-state index in [2.05, 4.69) is 29.2 Å². The minimum Gasteiger partial charge on any atom is -0.389 e. The van der Waals surface area contributed by atoms with E-state index in [9.17, 15) is 5.11 Å². The lowest BCUT2D eigenvalue weighted by molar-refractivity contribution is -0.0667. The molecule has 2 atom stereocenters. The standard InChI is InChI=1S/C20H29NO3/c22-17(14-24-18-9-11-23-12-10-18)13-21(16-6-7-16)20-8-5-15-3-1-2-4-19(15)20/h1-4,16-18,20,22H,5-14H2. The first-order chi connectivity index (χ1) is 11.8. The molecule has 1 saturated carbocycles. The second-order valence-corrected chi connectivity index (χ2v) is 7.48. The largest absolute Gasteiger partial charge is 0.389 e. The van der Waals surface area contributed by atoms with Crippen LogP contribution in [0.25, 0.3) is 0 Å². The molecule has 132 valence electrons. The molecule has 0 aromatic heterocycles. The van der Waals surface area contributed by atoms with Crippen molar-refractivity contribution in [1.82, 2.24) is 4.90 Å². The highest BCUT2D eigenvalue weighted by Crippen LogP contribution is 2.41. The van der Waals surface area contributed by atoms with E-state index in [0.717, 1.165) is 32.6 Å². The number of hydrogen-bond acceptors (Lipinski definition) is 4. The van der Waals surface area contributed by atoms with E-state index < -0.39 is 6.10 Å². The van der Waals surface area contributed by atoms with E-state index in [1.165, 1.54) is 36.8 Å². The van der Waals surface area contributed by atoms with Crippen molar-refractivity contribution >= 4 is 0 Å². The second kappa shape index (κ2) is 7.52. The van der Waals surface area contributed by atoms with Crippen LogP contribution in [0.5, 0.6) is 0 Å². The summed E-state index contributed by atoms with van der Waals surface area (Å²) in [5.41, 5.74) is 2.96. The van der Waals surface area contributed by atoms with E-state index in [1.54, 1.807) is 0 Å². The minimum absolute atomic E-state index is 0.259. The van der Waals surface area contributed by atoms with Gasteiger partial charge in [0.05, 0.1) is 18.8 Å². The molecule has 1 N–H and O–H groups in total. The minimum atomic E-state index is -0.402. The third-order valence-corrected chi connectivity index (χ3v) is 5.63. The number of benzene rings is 1. The van der Waals surface area contributed by atoms with Gasteiger partial charge in [-0.15, -0.1) is 0 Å². The molecule has 0 bridgehead atoms. The van der Waals surface area contributed by atoms with Crippen molar-refractivity contribution < 1.29 is 14.6 Å². The molecule has 1 aromatic rings. The molecule has 4 nitrogen and oxygen atoms in total. The maximum Gasteiger partial charge on any atom is 0.0900 e. The van der Waals surface area contributed by atoms with Crippen LogP contribution in [-0.2, 0) is 15.9 Å². The Kier molecular flexibility index (Phi) is 5.18. The molecule has 0 spiro atoms. The van der Waals surface area contributed by atoms with Gasteiger partial charge < -0.3 is 14.6 Å². The summed E-state index contributed by atoms with van der Waals surface area (Å²) in [6.07, 6.45) is 6.65. The summed E-state index contributed by atoms with van der Waals surface area (Å²) in [6.45, 7) is 2.75. The maximum absolute atomic E-state index is 10.5. The van der Waals surface area contributed by atoms with E-state index in [1.807, 2.05) is 0 Å². The van der Waals surface area contributed by atoms with Crippen molar-refractivity contribution in [3.8, 4) is 0 Å². The fourth-order valence-electron chi connectivity index (χ4n) is 4.20. The summed E-state index contributed by atoms with van der Waals surface area (Å²) in [6, 6.07) is 9.94. The monoisotopic (exact) mass is 331 g/mol. The van der Waals surface area contributed by atoms with Crippen molar-refractivity contribution in [2.75, 3.05) is 26.4 Å². The van der Waals surface area contributed by atoms with Gasteiger partial charge in [-0.3, -0.25) is 4.90 Å². The van der Waals surface area contributed by atoms with Gasteiger partial charge in [-0.2, -0.15) is 0 Å². The van der Waals surface area contributed by atoms with Crippen molar-refractivity contribution in [1.29, 1.82) is 0 Å². The molecule has 1 heterocycles. The highest BCUT2D eigenvalue weighted by molar-refractivity contribution is 5.34. The average molecular weight is 331 g/mol. The first-order valence-corrected chi connectivity index (χ1v) is 9.52. The molecule has 24 heavy (non-hydrogen) atoms. The quantitative estimate of drug-likeness (QED) is 0.834. The van der Waals surface area contributed by atoms with Crippen molar-refractivity contribution in [2.24, 2.45) is 0 Å². The fourth-order valence-corrected chi connectivity index (χ4v) is 4.20. The molecule has 0 amide bonds. The van der Waals surface area contributed by atoms with Crippen molar-refractivity contribution in [2.45, 2.75) is 62.8 Å². The Labute approximate surface area is 144 Å². The number of aryl methyl sites for hydroxylation is 1. The van der Waals surface area contributed by atoms with Crippen molar-refractivity contribution in [3.63, 3.8) is 0 Å². The third-order valence-electron chi connectivity index (χ3n) is 5.63. The van der Waals surface area contributed by atoms with Crippen LogP contribution in [0, 0.1) is 0 Å². The molecule has 1 aliphatic heterocycles. The zero-order chi connectivity index (χ0) is 16.4. The van der Waals surface area contributed by atoms with Crippen LogP contribution in [0.3, 0.4) is 0 Å². The lowest BCUT2D eigenvalue weighted by Crippen LogP contribution is -2.39. The number of rotatable bonds is 7. The fraction of sp³-hybridized carbons (Fsp3) is 0.700. The number of aliphatic hydroxyl groups excluding tert-OH is 1. The highest BCUT2D eigenvalue weighted by Gasteiger charge is 2.38. The van der Waals surface area contributed by atoms with Gasteiger partial charge in [0.15, 0.2) is 0 Å². The summed E-state index contributed by atoms with van der Waals surface area (Å²) in [5.74, 6) is 0. The molecule has 4 heteroatoms. The first-order valence-electron chi connectivity index (χ1n) is 9.52. The molecule has 2 aliphatic carbocycles. The lowest BCUT2D eigenvalue weighted by Gasteiger charge is -2.32. The van der Waals surface area contributed by atoms with E-state index in [0.29, 0.717) is 18.7 Å². The van der Waals surface area contributed by atoms with Gasteiger partial charge in [0.25, 0.3) is 0 Å². The molecular formula is C20H29NO3. The van der Waals surface area contributed by atoms with Crippen molar-refractivity contribution in [3.05, 3.63) is 35.4 Å². The van der Waals surface area contributed by atoms with Gasteiger partial charge in [-0.25, -0.2) is 0 Å². The molecule has 1 aromatic carbocycles. The Morgan fingerprint density at radius 2 is 1.92 bits per heavy atom. The zero-order valence-electron chi connectivity index (χ0n) is 14.4. The summed E-state index contributed by atoms with van der Waals surface area (Å²) in [5, 5.41) is 10.5. The van der Waals surface area contributed by atoms with Gasteiger partial charge >= 0.3 is 0 Å². The smallest absolute Gasteiger partial charge is 0.0900 e. The molecule has 4 rings (SSSR count). The van der Waals surface area contributed by atoms with Gasteiger partial charge in [0.1, 0.15) is 0 Å². The van der Waals surface area contributed by atoms with Gasteiger partial charge in [-0.05, 0) is 49.7 Å². The normalized spacial score (nSPS) is 25.8. The Morgan fingerprint density at radius 3 is 2.71 bits per heavy atom. The zero-order valence-corrected chi connectivity index (χ0v) is 14.4. The Morgan fingerprint density at radius 1 is 1.12 bits per heavy atom. The van der Waals surface area contributed by atoms with Gasteiger partial charge in [0, 0.05) is 31.8 Å². The topological polar surface area (TPSA) is 41.9 Å². The Hall–Kier alpha value is -0.940. The van der Waals surface area contributed by atoms with E-state index in [4.69, 9.17) is 9.47 Å². The average Bonchev–Trinajstić information content (AvgIpc) is 3.38. The van der Waals surface area contributed by atoms with Crippen LogP contribution in [0.15, 0.2) is 24.3 Å². The Balaban J connectivity index is 1.34. The second-order valence-electron chi connectivity index (χ2n) is 7.48. The number of ether oxygens (including phenoxy) is 2. The van der Waals surface area contributed by atoms with Crippen LogP contribution in [0.4, 0.5) is 0 Å². The summed E-state index contributed by atoms with van der Waals surface area (Å²) < 4.78 is 11.3. The maximum atomic E-state index is 10.5. The van der Waals surface area contributed by atoms with Crippen LogP contribution in [-0.4, -0.2) is 54.6 Å². The predicted octanol–water partition coefficient (Wildman–Crippen LogP) is 2.69. The number of nitrogens with zero attached hydrogens (tertiary/aromatic N) is 1. The number of hydrogen-bond donors (Lipinski definition) is 1. The van der Waals surface area contributed by atoms with Gasteiger partial charge in [-0.1, -0.05) is 24.3 Å². The molecule has 0 radical (unpaired) electrons. The summed E-state index contributed by atoms with van der Waals surface area (Å²) in [4.78, 5) is 2.55. The van der Waals surface area contributed by atoms with Crippen LogP contribution in [0.1, 0.15) is 49.3 Å². The molecular weight excluding hydrogens is 302 g/mol. The van der Waals surface area contributed by atoms with Crippen LogP contribution < -0.4 is 0 Å². The first kappa shape index (κ1) is 16.5. The third kappa shape index (κ3) is 3.83. The van der Waals surface area contributed by atoms with Gasteiger partial charge in [0.2, 0.25) is 0 Å². The summed E-state index contributed by atoms with van der Waals surface area (Å²) >= 11 is 0. The summed E-state index contributed by atoms with van der Waals surface area (Å²) in [7, 11) is 0. The molecule has 3 aliphatic rings. The molecule has 2 fully saturated rings. The number of fused-ring (bicyclic) bond motifs is 1. The van der Waals surface area contributed by atoms with Crippen LogP contribution >= 0.6 is 0 Å². The van der Waals surface area contributed by atoms with Crippen LogP contribution in [0.2, 0.25) is 0 Å². The highest BCUT2D eigenvalue weighted by atomic mass is 16.5. The van der Waals surface area contributed by atoms with E-state index >= 15 is 0 Å². The molecule has 1 saturated heterocycles. The SMILES string of the molecule is OC(COC1CCOCC1)CN(C1CC1)C1CCc2ccccc21. The predicted molar refractivity (Wildman–Crippen MR) is 93.0 cm³/mol. The number of aliphatic hydroxyl groups is 1. The Bertz CT molecular complexity index is 539.